The fraction of sp³-hybridized carbons (Fsp3) is 0.500. The second kappa shape index (κ2) is 13.5. The van der Waals surface area contributed by atoms with Crippen LogP contribution in [0, 0.1) is 0 Å². The van der Waals surface area contributed by atoms with Gasteiger partial charge in [0.05, 0.1) is 26.2 Å². The molecule has 0 aliphatic heterocycles. The summed E-state index contributed by atoms with van der Waals surface area (Å²) < 4.78 is 37.0. The van der Waals surface area contributed by atoms with E-state index in [1.807, 2.05) is 24.3 Å². The number of methoxy groups -OCH3 is 2. The van der Waals surface area contributed by atoms with Crippen molar-refractivity contribution < 1.29 is 27.5 Å². The van der Waals surface area contributed by atoms with E-state index in [4.69, 9.17) is 9.47 Å². The average molecular weight is 546 g/mol. The number of nitrogens with one attached hydrogen (secondary N) is 1. The fourth-order valence-corrected chi connectivity index (χ4v) is 5.69. The molecule has 0 aromatic heterocycles. The van der Waals surface area contributed by atoms with Crippen molar-refractivity contribution in [1.29, 1.82) is 0 Å². The van der Waals surface area contributed by atoms with Gasteiger partial charge in [-0.05, 0) is 56.0 Å². The minimum absolute atomic E-state index is 0.0817. The molecule has 1 aliphatic rings. The van der Waals surface area contributed by atoms with E-state index in [2.05, 4.69) is 5.32 Å². The highest BCUT2D eigenvalue weighted by molar-refractivity contribution is 7.92. The molecular formula is C28H39N3O6S. The Labute approximate surface area is 226 Å². The number of anilines is 1. The van der Waals surface area contributed by atoms with E-state index in [0.717, 1.165) is 37.5 Å². The lowest BCUT2D eigenvalue weighted by atomic mass is 10.1. The quantitative estimate of drug-likeness (QED) is 0.411. The van der Waals surface area contributed by atoms with Crippen LogP contribution < -0.4 is 19.1 Å². The molecular weight excluding hydrogens is 506 g/mol. The average Bonchev–Trinajstić information content (AvgIpc) is 3.42. The SMILES string of the molecule is COc1ccc(CN(C(=O)CCCN(c2ccccc2OC)S(C)(=O)=O)[C@@H](C)C(=O)NC2CCCC2)cc1. The standard InChI is InChI=1S/C28H39N3O6S/c1-21(28(33)29-23-10-5-6-11-23)30(20-22-15-17-24(36-2)18-16-22)27(32)14-9-19-31(38(4,34)35)25-12-7-8-13-26(25)37-3/h7-8,12-13,15-18,21,23H,5-6,9-11,14,19-20H2,1-4H3,(H,29,33)/t21-/m0/s1. The Kier molecular flexibility index (Phi) is 10.4. The van der Waals surface area contributed by atoms with Crippen LogP contribution in [-0.4, -0.2) is 64.2 Å². The monoisotopic (exact) mass is 545 g/mol. The van der Waals surface area contributed by atoms with E-state index in [-0.39, 0.29) is 43.8 Å². The third-order valence-corrected chi connectivity index (χ3v) is 8.07. The third kappa shape index (κ3) is 7.86. The Hall–Kier alpha value is -3.27. The predicted molar refractivity (Wildman–Crippen MR) is 148 cm³/mol. The molecule has 1 N–H and O–H groups in total. The van der Waals surface area contributed by atoms with Crippen molar-refractivity contribution in [2.75, 3.05) is 31.3 Å². The second-order valence-corrected chi connectivity index (χ2v) is 11.6. The Morgan fingerprint density at radius 3 is 2.29 bits per heavy atom. The molecule has 0 heterocycles. The van der Waals surface area contributed by atoms with Crippen LogP contribution >= 0.6 is 0 Å². The van der Waals surface area contributed by atoms with Gasteiger partial charge in [0.2, 0.25) is 21.8 Å². The number of para-hydroxylation sites is 2. The highest BCUT2D eigenvalue weighted by Gasteiger charge is 2.29. The molecule has 2 aromatic rings. The summed E-state index contributed by atoms with van der Waals surface area (Å²) in [6.45, 7) is 2.09. The number of hydrogen-bond acceptors (Lipinski definition) is 6. The van der Waals surface area contributed by atoms with Gasteiger partial charge >= 0.3 is 0 Å². The maximum atomic E-state index is 13.5. The van der Waals surface area contributed by atoms with Crippen LogP contribution in [0.3, 0.4) is 0 Å². The molecule has 0 radical (unpaired) electrons. The zero-order valence-electron chi connectivity index (χ0n) is 22.7. The van der Waals surface area contributed by atoms with E-state index in [0.29, 0.717) is 17.2 Å². The van der Waals surface area contributed by atoms with Crippen LogP contribution in [0.2, 0.25) is 0 Å². The first-order chi connectivity index (χ1) is 18.1. The Morgan fingerprint density at radius 2 is 1.68 bits per heavy atom. The van der Waals surface area contributed by atoms with Crippen molar-refractivity contribution in [2.24, 2.45) is 0 Å². The molecule has 0 unspecified atom stereocenters. The van der Waals surface area contributed by atoms with Crippen LogP contribution in [0.15, 0.2) is 48.5 Å². The van der Waals surface area contributed by atoms with Gasteiger partial charge in [0, 0.05) is 25.6 Å². The first kappa shape index (κ1) is 29.3. The Morgan fingerprint density at radius 1 is 1.03 bits per heavy atom. The molecule has 38 heavy (non-hydrogen) atoms. The van der Waals surface area contributed by atoms with Crippen LogP contribution in [0.4, 0.5) is 5.69 Å². The number of rotatable bonds is 13. The lowest BCUT2D eigenvalue weighted by molar-refractivity contribution is -0.141. The van der Waals surface area contributed by atoms with Gasteiger partial charge in [-0.25, -0.2) is 8.42 Å². The summed E-state index contributed by atoms with van der Waals surface area (Å²) in [5.41, 5.74) is 1.29. The maximum absolute atomic E-state index is 13.5. The number of ether oxygens (including phenoxy) is 2. The molecule has 2 aromatic carbocycles. The van der Waals surface area contributed by atoms with Crippen LogP contribution in [0.5, 0.6) is 11.5 Å². The number of benzene rings is 2. The molecule has 0 bridgehead atoms. The zero-order chi connectivity index (χ0) is 27.7. The van der Waals surface area contributed by atoms with Gasteiger partial charge in [-0.15, -0.1) is 0 Å². The summed E-state index contributed by atoms with van der Waals surface area (Å²) in [7, 11) is -0.542. The Bertz CT molecular complexity index is 1180. The van der Waals surface area contributed by atoms with Gasteiger partial charge in [-0.2, -0.15) is 0 Å². The van der Waals surface area contributed by atoms with E-state index < -0.39 is 16.1 Å². The minimum atomic E-state index is -3.61. The highest BCUT2D eigenvalue weighted by Crippen LogP contribution is 2.30. The molecule has 2 amide bonds. The number of carbonyl (C=O) groups excluding carboxylic acids is 2. The molecule has 1 aliphatic carbocycles. The topological polar surface area (TPSA) is 105 Å². The molecule has 1 atom stereocenters. The molecule has 0 saturated heterocycles. The molecule has 3 rings (SSSR count). The van der Waals surface area contributed by atoms with E-state index in [1.165, 1.54) is 11.4 Å². The largest absolute Gasteiger partial charge is 0.497 e. The summed E-state index contributed by atoms with van der Waals surface area (Å²) in [5.74, 6) is 0.743. The summed E-state index contributed by atoms with van der Waals surface area (Å²) in [4.78, 5) is 28.1. The summed E-state index contributed by atoms with van der Waals surface area (Å²) in [6, 6.07) is 13.7. The van der Waals surface area contributed by atoms with Gasteiger partial charge in [-0.3, -0.25) is 13.9 Å². The van der Waals surface area contributed by atoms with Crippen molar-refractivity contribution in [3.63, 3.8) is 0 Å². The summed E-state index contributed by atoms with van der Waals surface area (Å²) in [5, 5.41) is 3.09. The van der Waals surface area contributed by atoms with E-state index in [1.54, 1.807) is 43.2 Å². The lowest BCUT2D eigenvalue weighted by Gasteiger charge is -2.30. The van der Waals surface area contributed by atoms with Crippen LogP contribution in [0.1, 0.15) is 51.0 Å². The molecule has 208 valence electrons. The second-order valence-electron chi connectivity index (χ2n) is 9.65. The van der Waals surface area contributed by atoms with Gasteiger partial charge < -0.3 is 19.7 Å². The van der Waals surface area contributed by atoms with Gasteiger partial charge in [0.25, 0.3) is 0 Å². The highest BCUT2D eigenvalue weighted by atomic mass is 32.2. The smallest absolute Gasteiger partial charge is 0.242 e. The van der Waals surface area contributed by atoms with Crippen LogP contribution in [-0.2, 0) is 26.2 Å². The normalized spacial score (nSPS) is 14.5. The van der Waals surface area contributed by atoms with Crippen molar-refractivity contribution in [1.82, 2.24) is 10.2 Å². The van der Waals surface area contributed by atoms with Gasteiger partial charge in [0.15, 0.2) is 0 Å². The minimum Gasteiger partial charge on any atom is -0.497 e. The first-order valence-electron chi connectivity index (χ1n) is 13.0. The summed E-state index contributed by atoms with van der Waals surface area (Å²) >= 11 is 0. The maximum Gasteiger partial charge on any atom is 0.242 e. The van der Waals surface area contributed by atoms with Crippen LogP contribution in [0.25, 0.3) is 0 Å². The summed E-state index contributed by atoms with van der Waals surface area (Å²) in [6.07, 6.45) is 5.59. The van der Waals surface area contributed by atoms with Gasteiger partial charge in [-0.1, -0.05) is 37.1 Å². The molecule has 0 spiro atoms. The molecule has 10 heteroatoms. The number of nitrogens with zero attached hydrogens (tertiary/aromatic N) is 2. The number of hydrogen-bond donors (Lipinski definition) is 1. The van der Waals surface area contributed by atoms with Crippen molar-refractivity contribution in [3.8, 4) is 11.5 Å². The number of sulfonamides is 1. The molecule has 1 saturated carbocycles. The number of carbonyl (C=O) groups is 2. The molecule has 1 fully saturated rings. The van der Waals surface area contributed by atoms with Crippen molar-refractivity contribution in [3.05, 3.63) is 54.1 Å². The van der Waals surface area contributed by atoms with Crippen molar-refractivity contribution >= 4 is 27.5 Å². The van der Waals surface area contributed by atoms with E-state index >= 15 is 0 Å². The van der Waals surface area contributed by atoms with Crippen molar-refractivity contribution in [2.45, 2.75) is 64.1 Å². The Balaban J connectivity index is 1.74. The molecule has 9 nitrogen and oxygen atoms in total. The lowest BCUT2D eigenvalue weighted by Crippen LogP contribution is -2.49. The number of amides is 2. The fourth-order valence-electron chi connectivity index (χ4n) is 4.72. The van der Waals surface area contributed by atoms with Gasteiger partial charge in [0.1, 0.15) is 17.5 Å². The van der Waals surface area contributed by atoms with E-state index in [9.17, 15) is 18.0 Å². The first-order valence-corrected chi connectivity index (χ1v) is 14.8. The zero-order valence-corrected chi connectivity index (χ0v) is 23.5. The predicted octanol–water partition coefficient (Wildman–Crippen LogP) is 3.73. The third-order valence-electron chi connectivity index (χ3n) is 6.89.